The van der Waals surface area contributed by atoms with Gasteiger partial charge in [0, 0.05) is 5.56 Å². The van der Waals surface area contributed by atoms with Gasteiger partial charge in [-0.3, -0.25) is 0 Å². The number of aryl methyl sites for hydroxylation is 1. The second kappa shape index (κ2) is 4.78. The van der Waals surface area contributed by atoms with E-state index >= 15 is 0 Å². The van der Waals surface area contributed by atoms with Crippen LogP contribution in [-0.4, -0.2) is 10.1 Å². The van der Waals surface area contributed by atoms with Crippen molar-refractivity contribution in [3.63, 3.8) is 0 Å². The number of hydrogen-bond acceptors (Lipinski definition) is 3. The van der Waals surface area contributed by atoms with E-state index in [1.54, 1.807) is 12.1 Å². The van der Waals surface area contributed by atoms with Gasteiger partial charge in [-0.25, -0.2) is 4.98 Å². The van der Waals surface area contributed by atoms with Gasteiger partial charge >= 0.3 is 0 Å². The Balaban J connectivity index is 1.95. The largest absolute Gasteiger partial charge is 0.508 e. The molecule has 4 heteroatoms. The minimum atomic E-state index is -0.491. The molecule has 0 bridgehead atoms. The minimum Gasteiger partial charge on any atom is -0.508 e. The van der Waals surface area contributed by atoms with E-state index in [-0.39, 0.29) is 6.04 Å². The molecule has 2 unspecified atom stereocenters. The molecule has 1 heterocycles. The van der Waals surface area contributed by atoms with Gasteiger partial charge in [-0.2, -0.15) is 4.39 Å². The Morgan fingerprint density at radius 2 is 2.05 bits per heavy atom. The molecule has 20 heavy (non-hydrogen) atoms. The molecule has 1 aliphatic rings. The predicted octanol–water partition coefficient (Wildman–Crippen LogP) is 3.90. The van der Waals surface area contributed by atoms with Crippen molar-refractivity contribution >= 4 is 5.69 Å². The number of phenols is 1. The fourth-order valence-electron chi connectivity index (χ4n) is 3.14. The maximum absolute atomic E-state index is 12.8. The van der Waals surface area contributed by atoms with Crippen molar-refractivity contribution in [1.29, 1.82) is 0 Å². The van der Waals surface area contributed by atoms with Gasteiger partial charge in [-0.05, 0) is 48.6 Å². The number of pyridine rings is 1. The van der Waals surface area contributed by atoms with Crippen LogP contribution in [0.1, 0.15) is 42.0 Å². The van der Waals surface area contributed by atoms with E-state index in [1.165, 1.54) is 23.4 Å². The van der Waals surface area contributed by atoms with Crippen LogP contribution in [0.2, 0.25) is 0 Å². The monoisotopic (exact) mass is 272 g/mol. The highest BCUT2D eigenvalue weighted by molar-refractivity contribution is 5.55. The number of nitrogens with zero attached hydrogens (tertiary/aromatic N) is 1. The summed E-state index contributed by atoms with van der Waals surface area (Å²) < 4.78 is 12.8. The Morgan fingerprint density at radius 1 is 1.25 bits per heavy atom. The van der Waals surface area contributed by atoms with Gasteiger partial charge < -0.3 is 10.4 Å². The normalized spacial score (nSPS) is 20.8. The number of fused-ring (bicyclic) bond motifs is 1. The number of halogens is 1. The zero-order valence-electron chi connectivity index (χ0n) is 11.5. The van der Waals surface area contributed by atoms with Crippen LogP contribution < -0.4 is 5.32 Å². The van der Waals surface area contributed by atoms with Crippen LogP contribution in [0.5, 0.6) is 5.75 Å². The maximum atomic E-state index is 12.8. The Morgan fingerprint density at radius 3 is 2.75 bits per heavy atom. The van der Waals surface area contributed by atoms with Crippen molar-refractivity contribution in [1.82, 2.24) is 4.98 Å². The average Bonchev–Trinajstić information content (AvgIpc) is 2.75. The standard InChI is InChI=1S/C16H17FN2O/c1-9-3-5-13(20)16-12(7-10(2)15(9)16)19-11-4-6-14(17)18-8-11/h3-6,8,10,12,19-20H,7H2,1-2H3. The van der Waals surface area contributed by atoms with Crippen molar-refractivity contribution in [3.05, 3.63) is 53.1 Å². The lowest BCUT2D eigenvalue weighted by molar-refractivity contribution is 0.465. The third-order valence-electron chi connectivity index (χ3n) is 3.98. The zero-order valence-corrected chi connectivity index (χ0v) is 11.5. The number of benzene rings is 1. The van der Waals surface area contributed by atoms with Crippen LogP contribution in [0.4, 0.5) is 10.1 Å². The average molecular weight is 272 g/mol. The smallest absolute Gasteiger partial charge is 0.212 e. The van der Waals surface area contributed by atoms with E-state index in [2.05, 4.69) is 24.1 Å². The van der Waals surface area contributed by atoms with Crippen molar-refractivity contribution < 1.29 is 9.50 Å². The van der Waals surface area contributed by atoms with E-state index in [0.29, 0.717) is 11.7 Å². The molecule has 0 saturated carbocycles. The van der Waals surface area contributed by atoms with Crippen molar-refractivity contribution in [2.45, 2.75) is 32.2 Å². The summed E-state index contributed by atoms with van der Waals surface area (Å²) in [6, 6.07) is 6.72. The number of aromatic hydroxyl groups is 1. The number of aromatic nitrogens is 1. The number of hydrogen-bond donors (Lipinski definition) is 2. The summed E-state index contributed by atoms with van der Waals surface area (Å²) in [4.78, 5) is 3.64. The summed E-state index contributed by atoms with van der Waals surface area (Å²) in [6.45, 7) is 4.23. The summed E-state index contributed by atoms with van der Waals surface area (Å²) in [6.07, 6.45) is 2.38. The highest BCUT2D eigenvalue weighted by Gasteiger charge is 2.32. The first-order valence-corrected chi connectivity index (χ1v) is 6.76. The first kappa shape index (κ1) is 12.9. The molecule has 1 aromatic heterocycles. The van der Waals surface area contributed by atoms with E-state index in [0.717, 1.165) is 17.7 Å². The molecule has 0 fully saturated rings. The second-order valence-corrected chi connectivity index (χ2v) is 5.43. The lowest BCUT2D eigenvalue weighted by Crippen LogP contribution is -2.08. The third kappa shape index (κ3) is 2.11. The van der Waals surface area contributed by atoms with Crippen molar-refractivity contribution in [2.24, 2.45) is 0 Å². The summed E-state index contributed by atoms with van der Waals surface area (Å²) in [5.74, 6) is 0.222. The molecule has 2 N–H and O–H groups in total. The van der Waals surface area contributed by atoms with Crippen molar-refractivity contribution in [3.8, 4) is 5.75 Å². The van der Waals surface area contributed by atoms with Gasteiger partial charge in [0.15, 0.2) is 0 Å². The summed E-state index contributed by atoms with van der Waals surface area (Å²) in [5, 5.41) is 13.5. The van der Waals surface area contributed by atoms with E-state index < -0.39 is 5.95 Å². The van der Waals surface area contributed by atoms with Gasteiger partial charge in [0.25, 0.3) is 0 Å². The quantitative estimate of drug-likeness (QED) is 0.815. The molecule has 0 saturated heterocycles. The van der Waals surface area contributed by atoms with Crippen LogP contribution in [0, 0.1) is 12.9 Å². The fourth-order valence-corrected chi connectivity index (χ4v) is 3.14. The number of phenolic OH excluding ortho intramolecular Hbond substituents is 1. The fraction of sp³-hybridized carbons (Fsp3) is 0.312. The summed E-state index contributed by atoms with van der Waals surface area (Å²) in [7, 11) is 0. The first-order valence-electron chi connectivity index (χ1n) is 6.76. The van der Waals surface area contributed by atoms with Crippen LogP contribution in [0.3, 0.4) is 0 Å². The topological polar surface area (TPSA) is 45.1 Å². The van der Waals surface area contributed by atoms with Gasteiger partial charge in [-0.15, -0.1) is 0 Å². The van der Waals surface area contributed by atoms with Crippen molar-refractivity contribution in [2.75, 3.05) is 5.32 Å². The summed E-state index contributed by atoms with van der Waals surface area (Å²) in [5.41, 5.74) is 4.14. The maximum Gasteiger partial charge on any atom is 0.212 e. The Kier molecular flexibility index (Phi) is 3.08. The SMILES string of the molecule is Cc1ccc(O)c2c1C(C)CC2Nc1ccc(F)nc1. The molecule has 0 amide bonds. The number of rotatable bonds is 2. The second-order valence-electron chi connectivity index (χ2n) is 5.43. The minimum absolute atomic E-state index is 0.0344. The Bertz CT molecular complexity index is 640. The zero-order chi connectivity index (χ0) is 14.3. The van der Waals surface area contributed by atoms with Crippen LogP contribution in [-0.2, 0) is 0 Å². The predicted molar refractivity (Wildman–Crippen MR) is 76.4 cm³/mol. The van der Waals surface area contributed by atoms with Gasteiger partial charge in [0.2, 0.25) is 5.95 Å². The Labute approximate surface area is 117 Å². The molecule has 1 aromatic carbocycles. The van der Waals surface area contributed by atoms with Gasteiger partial charge in [0.1, 0.15) is 5.75 Å². The molecule has 2 aromatic rings. The lowest BCUT2D eigenvalue weighted by Gasteiger charge is -2.16. The van der Waals surface area contributed by atoms with E-state index in [4.69, 9.17) is 0 Å². The summed E-state index contributed by atoms with van der Waals surface area (Å²) >= 11 is 0. The molecule has 3 rings (SSSR count). The number of nitrogens with one attached hydrogen (secondary N) is 1. The molecular weight excluding hydrogens is 255 g/mol. The molecule has 1 aliphatic carbocycles. The molecule has 0 radical (unpaired) electrons. The highest BCUT2D eigenvalue weighted by Crippen LogP contribution is 2.47. The van der Waals surface area contributed by atoms with Crippen LogP contribution >= 0.6 is 0 Å². The number of anilines is 1. The Hall–Kier alpha value is -2.10. The molecule has 2 atom stereocenters. The van der Waals surface area contributed by atoms with Crippen LogP contribution in [0.25, 0.3) is 0 Å². The molecular formula is C16H17FN2O. The van der Waals surface area contributed by atoms with Gasteiger partial charge in [-0.1, -0.05) is 13.0 Å². The lowest BCUT2D eigenvalue weighted by atomic mass is 9.97. The molecule has 0 aliphatic heterocycles. The van der Waals surface area contributed by atoms with E-state index in [1.807, 2.05) is 6.07 Å². The first-order chi connectivity index (χ1) is 9.56. The van der Waals surface area contributed by atoms with Gasteiger partial charge in [0.05, 0.1) is 17.9 Å². The van der Waals surface area contributed by atoms with E-state index in [9.17, 15) is 9.50 Å². The van der Waals surface area contributed by atoms with Crippen LogP contribution in [0.15, 0.2) is 30.5 Å². The third-order valence-corrected chi connectivity index (χ3v) is 3.98. The molecule has 104 valence electrons. The molecule has 0 spiro atoms. The molecule has 3 nitrogen and oxygen atoms in total. The highest BCUT2D eigenvalue weighted by atomic mass is 19.1.